The van der Waals surface area contributed by atoms with Crippen LogP contribution in [0.5, 0.6) is 0 Å². The first-order valence-electron chi connectivity index (χ1n) is 10.8. The van der Waals surface area contributed by atoms with Crippen molar-refractivity contribution in [1.82, 2.24) is 4.90 Å². The summed E-state index contributed by atoms with van der Waals surface area (Å²) < 4.78 is 13.1. The molecule has 0 aromatic heterocycles. The molecule has 2 aromatic rings. The standard InChI is InChI=1S/C24H28FN3O2/c1-26-21-5-2-4-18-19-14-27(13-11-20(19)28(24(18)21)15-23(26)30)12-3-6-22(29)16-7-9-17(25)10-8-16/h2,4-5,7-10,19-20,22,29H,3,6,11-15H2,1H3/t19-,20-,22-/m0/s1. The number of hydrogen-bond donors (Lipinski definition) is 1. The first-order valence-corrected chi connectivity index (χ1v) is 10.8. The molecule has 30 heavy (non-hydrogen) atoms. The molecule has 1 N–H and O–H groups in total. The van der Waals surface area contributed by atoms with Gasteiger partial charge in [0, 0.05) is 32.1 Å². The molecular formula is C24H28FN3O2. The molecule has 0 saturated carbocycles. The van der Waals surface area contributed by atoms with Crippen molar-refractivity contribution in [2.75, 3.05) is 43.0 Å². The number of fused-ring (bicyclic) bond motifs is 3. The van der Waals surface area contributed by atoms with Crippen molar-refractivity contribution >= 4 is 17.3 Å². The van der Waals surface area contributed by atoms with E-state index >= 15 is 0 Å². The minimum absolute atomic E-state index is 0.164. The van der Waals surface area contributed by atoms with E-state index in [4.69, 9.17) is 0 Å². The van der Waals surface area contributed by atoms with Crippen LogP contribution in [-0.2, 0) is 4.79 Å². The average Bonchev–Trinajstić information content (AvgIpc) is 3.06. The number of anilines is 2. The first kappa shape index (κ1) is 19.5. The van der Waals surface area contributed by atoms with Gasteiger partial charge in [-0.05, 0) is 55.1 Å². The number of hydrogen-bond acceptors (Lipinski definition) is 4. The molecule has 1 amide bonds. The number of aliphatic hydroxyl groups is 1. The van der Waals surface area contributed by atoms with Gasteiger partial charge in [0.2, 0.25) is 5.91 Å². The number of likely N-dealkylation sites (tertiary alicyclic amines) is 1. The Hall–Kier alpha value is -2.44. The SMILES string of the molecule is CN1C(=O)CN2c3c(cccc31)[C@@H]1CN(CCC[C@H](O)c3ccc(F)cc3)CC[C@@H]12. The molecule has 5 rings (SSSR count). The molecule has 3 aliphatic heterocycles. The van der Waals surface area contributed by atoms with Crippen LogP contribution in [0, 0.1) is 5.82 Å². The molecular weight excluding hydrogens is 381 g/mol. The van der Waals surface area contributed by atoms with Gasteiger partial charge in [-0.15, -0.1) is 0 Å². The number of amides is 1. The third-order valence-electron chi connectivity index (χ3n) is 7.04. The molecule has 3 heterocycles. The highest BCUT2D eigenvalue weighted by Gasteiger charge is 2.46. The molecule has 0 bridgehead atoms. The van der Waals surface area contributed by atoms with Crippen LogP contribution in [0.1, 0.15) is 42.4 Å². The van der Waals surface area contributed by atoms with Crippen molar-refractivity contribution in [1.29, 1.82) is 0 Å². The van der Waals surface area contributed by atoms with Gasteiger partial charge < -0.3 is 19.8 Å². The van der Waals surface area contributed by atoms with E-state index < -0.39 is 6.10 Å². The fourth-order valence-electron chi connectivity index (χ4n) is 5.43. The minimum atomic E-state index is -0.552. The second kappa shape index (κ2) is 7.67. The summed E-state index contributed by atoms with van der Waals surface area (Å²) >= 11 is 0. The summed E-state index contributed by atoms with van der Waals surface area (Å²) in [6.07, 6.45) is 2.07. The smallest absolute Gasteiger partial charge is 0.246 e. The Morgan fingerprint density at radius 1 is 1.20 bits per heavy atom. The van der Waals surface area contributed by atoms with Gasteiger partial charge in [-0.3, -0.25) is 4.79 Å². The van der Waals surface area contributed by atoms with Crippen LogP contribution in [0.3, 0.4) is 0 Å². The van der Waals surface area contributed by atoms with Gasteiger partial charge in [-0.25, -0.2) is 4.39 Å². The number of carbonyl (C=O) groups is 1. The Bertz CT molecular complexity index is 948. The fraction of sp³-hybridized carbons (Fsp3) is 0.458. The third-order valence-corrected chi connectivity index (χ3v) is 7.04. The zero-order valence-corrected chi connectivity index (χ0v) is 17.3. The van der Waals surface area contributed by atoms with Crippen molar-refractivity contribution in [3.05, 3.63) is 59.4 Å². The number of nitrogens with zero attached hydrogens (tertiary/aromatic N) is 3. The van der Waals surface area contributed by atoms with Crippen molar-refractivity contribution in [3.63, 3.8) is 0 Å². The topological polar surface area (TPSA) is 47.0 Å². The Kier molecular flexibility index (Phi) is 4.99. The summed E-state index contributed by atoms with van der Waals surface area (Å²) in [6.45, 7) is 3.42. The Morgan fingerprint density at radius 2 is 2.00 bits per heavy atom. The highest BCUT2D eigenvalue weighted by Crippen LogP contribution is 2.50. The van der Waals surface area contributed by atoms with Gasteiger partial charge in [0.15, 0.2) is 0 Å². The van der Waals surface area contributed by atoms with E-state index in [1.807, 2.05) is 7.05 Å². The van der Waals surface area contributed by atoms with E-state index in [0.29, 0.717) is 24.9 Å². The zero-order valence-electron chi connectivity index (χ0n) is 17.3. The van der Waals surface area contributed by atoms with Gasteiger partial charge in [0.25, 0.3) is 0 Å². The van der Waals surface area contributed by atoms with Gasteiger partial charge in [-0.2, -0.15) is 0 Å². The Balaban J connectivity index is 1.23. The first-order chi connectivity index (χ1) is 14.5. The van der Waals surface area contributed by atoms with E-state index in [9.17, 15) is 14.3 Å². The van der Waals surface area contributed by atoms with Crippen LogP contribution in [-0.4, -0.2) is 55.2 Å². The number of para-hydroxylation sites is 1. The molecule has 3 atom stereocenters. The second-order valence-electron chi connectivity index (χ2n) is 8.77. The number of benzene rings is 2. The maximum absolute atomic E-state index is 13.1. The lowest BCUT2D eigenvalue weighted by molar-refractivity contribution is -0.117. The number of aliphatic hydroxyl groups excluding tert-OH is 1. The van der Waals surface area contributed by atoms with Crippen LogP contribution in [0.15, 0.2) is 42.5 Å². The van der Waals surface area contributed by atoms with Gasteiger partial charge in [0.05, 0.1) is 24.0 Å². The van der Waals surface area contributed by atoms with Crippen LogP contribution in [0.4, 0.5) is 15.8 Å². The molecule has 0 spiro atoms. The van der Waals surface area contributed by atoms with E-state index in [2.05, 4.69) is 28.0 Å². The average molecular weight is 410 g/mol. The molecule has 0 radical (unpaired) electrons. The molecule has 0 unspecified atom stereocenters. The molecule has 1 fully saturated rings. The van der Waals surface area contributed by atoms with Gasteiger partial charge in [0.1, 0.15) is 5.82 Å². The van der Waals surface area contributed by atoms with Crippen LogP contribution in [0.2, 0.25) is 0 Å². The third kappa shape index (κ3) is 3.28. The molecule has 1 saturated heterocycles. The Labute approximate surface area is 176 Å². The van der Waals surface area contributed by atoms with Crippen LogP contribution in [0.25, 0.3) is 0 Å². The van der Waals surface area contributed by atoms with Crippen molar-refractivity contribution in [3.8, 4) is 0 Å². The maximum Gasteiger partial charge on any atom is 0.246 e. The summed E-state index contributed by atoms with van der Waals surface area (Å²) in [5, 5.41) is 10.4. The van der Waals surface area contributed by atoms with E-state index in [1.54, 1.807) is 17.0 Å². The summed E-state index contributed by atoms with van der Waals surface area (Å²) in [5.74, 6) is 0.312. The molecule has 3 aliphatic rings. The maximum atomic E-state index is 13.1. The summed E-state index contributed by atoms with van der Waals surface area (Å²) in [7, 11) is 1.87. The Morgan fingerprint density at radius 3 is 2.80 bits per heavy atom. The number of rotatable bonds is 5. The highest BCUT2D eigenvalue weighted by atomic mass is 19.1. The predicted octanol–water partition coefficient (Wildman–Crippen LogP) is 3.29. The highest BCUT2D eigenvalue weighted by molar-refractivity contribution is 6.04. The predicted molar refractivity (Wildman–Crippen MR) is 115 cm³/mol. The van der Waals surface area contributed by atoms with Gasteiger partial charge in [-0.1, -0.05) is 24.3 Å². The van der Waals surface area contributed by atoms with Crippen molar-refractivity contribution < 1.29 is 14.3 Å². The van der Waals surface area contributed by atoms with Crippen molar-refractivity contribution in [2.24, 2.45) is 0 Å². The fourth-order valence-corrected chi connectivity index (χ4v) is 5.43. The number of piperidine rings is 1. The van der Waals surface area contributed by atoms with E-state index in [1.165, 1.54) is 23.4 Å². The molecule has 2 aromatic carbocycles. The largest absolute Gasteiger partial charge is 0.388 e. The molecule has 5 nitrogen and oxygen atoms in total. The molecule has 6 heteroatoms. The quantitative estimate of drug-likeness (QED) is 0.823. The van der Waals surface area contributed by atoms with E-state index in [0.717, 1.165) is 43.7 Å². The lowest BCUT2D eigenvalue weighted by atomic mass is 9.89. The second-order valence-corrected chi connectivity index (χ2v) is 8.77. The lowest BCUT2D eigenvalue weighted by Crippen LogP contribution is -2.51. The summed E-state index contributed by atoms with van der Waals surface area (Å²) in [6, 6.07) is 12.9. The molecule has 0 aliphatic carbocycles. The molecule has 158 valence electrons. The van der Waals surface area contributed by atoms with Gasteiger partial charge >= 0.3 is 0 Å². The number of likely N-dealkylation sites (N-methyl/N-ethyl adjacent to an activating group) is 1. The van der Waals surface area contributed by atoms with Crippen molar-refractivity contribution in [2.45, 2.75) is 37.3 Å². The van der Waals surface area contributed by atoms with Crippen LogP contribution < -0.4 is 9.80 Å². The number of carbonyl (C=O) groups excluding carboxylic acids is 1. The minimum Gasteiger partial charge on any atom is -0.388 e. The lowest BCUT2D eigenvalue weighted by Gasteiger charge is -2.41. The van der Waals surface area contributed by atoms with Crippen LogP contribution >= 0.6 is 0 Å². The van der Waals surface area contributed by atoms with E-state index in [-0.39, 0.29) is 11.7 Å². The zero-order chi connectivity index (χ0) is 20.8. The summed E-state index contributed by atoms with van der Waals surface area (Å²) in [5.41, 5.74) is 4.43. The summed E-state index contributed by atoms with van der Waals surface area (Å²) in [4.78, 5) is 19.1. The normalized spacial score (nSPS) is 24.0. The number of halogens is 1. The monoisotopic (exact) mass is 409 g/mol.